The maximum absolute atomic E-state index is 9.44. The summed E-state index contributed by atoms with van der Waals surface area (Å²) < 4.78 is 0. The average molecular weight is 186 g/mol. The predicted octanol–water partition coefficient (Wildman–Crippen LogP) is 0.489. The minimum absolute atomic E-state index is 0.161. The van der Waals surface area contributed by atoms with Crippen LogP contribution < -0.4 is 10.6 Å². The first kappa shape index (κ1) is 11.0. The predicted molar refractivity (Wildman–Crippen MR) is 54.8 cm³/mol. The van der Waals surface area contributed by atoms with E-state index in [2.05, 4.69) is 17.6 Å². The van der Waals surface area contributed by atoms with Crippen LogP contribution in [0.1, 0.15) is 32.6 Å². The van der Waals surface area contributed by atoms with E-state index in [-0.39, 0.29) is 6.10 Å². The lowest BCUT2D eigenvalue weighted by molar-refractivity contribution is 0.160. The van der Waals surface area contributed by atoms with Gasteiger partial charge in [0.1, 0.15) is 0 Å². The van der Waals surface area contributed by atoms with Crippen LogP contribution in [0.2, 0.25) is 0 Å². The molecule has 0 amide bonds. The van der Waals surface area contributed by atoms with Crippen molar-refractivity contribution in [1.29, 1.82) is 0 Å². The molecule has 3 N–H and O–H groups in total. The molecule has 0 spiro atoms. The highest BCUT2D eigenvalue weighted by Gasteiger charge is 2.13. The summed E-state index contributed by atoms with van der Waals surface area (Å²) in [7, 11) is 0. The van der Waals surface area contributed by atoms with E-state index >= 15 is 0 Å². The van der Waals surface area contributed by atoms with Crippen LogP contribution in [0.25, 0.3) is 0 Å². The molecule has 0 radical (unpaired) electrons. The van der Waals surface area contributed by atoms with Gasteiger partial charge in [0.15, 0.2) is 0 Å². The summed E-state index contributed by atoms with van der Waals surface area (Å²) in [5.41, 5.74) is 0. The first-order valence-corrected chi connectivity index (χ1v) is 5.45. The maximum Gasteiger partial charge on any atom is 0.0664 e. The van der Waals surface area contributed by atoms with E-state index in [1.807, 2.05) is 0 Å². The Morgan fingerprint density at radius 2 is 2.46 bits per heavy atom. The molecule has 1 aliphatic rings. The van der Waals surface area contributed by atoms with Crippen molar-refractivity contribution in [2.75, 3.05) is 19.6 Å². The Hall–Kier alpha value is -0.120. The lowest BCUT2D eigenvalue weighted by atomic mass is 10.2. The molecular formula is C10H22N2O. The minimum Gasteiger partial charge on any atom is -0.392 e. The molecule has 0 aromatic rings. The van der Waals surface area contributed by atoms with Crippen LogP contribution in [-0.4, -0.2) is 36.9 Å². The van der Waals surface area contributed by atoms with Crippen LogP contribution in [0, 0.1) is 0 Å². The fraction of sp³-hybridized carbons (Fsp3) is 1.00. The van der Waals surface area contributed by atoms with Gasteiger partial charge in [-0.3, -0.25) is 0 Å². The monoisotopic (exact) mass is 186 g/mol. The summed E-state index contributed by atoms with van der Waals surface area (Å²) in [5.74, 6) is 0. The van der Waals surface area contributed by atoms with Gasteiger partial charge in [0.25, 0.3) is 0 Å². The van der Waals surface area contributed by atoms with Crippen LogP contribution >= 0.6 is 0 Å². The zero-order chi connectivity index (χ0) is 9.52. The van der Waals surface area contributed by atoms with Gasteiger partial charge in [-0.05, 0) is 25.8 Å². The Morgan fingerprint density at radius 1 is 1.62 bits per heavy atom. The number of hydrogen-bond acceptors (Lipinski definition) is 3. The standard InChI is InChI=1S/C10H22N2O/c1-2-4-10(13)8-11-7-9-5-3-6-12-9/h9-13H,2-8H2,1H3. The largest absolute Gasteiger partial charge is 0.392 e. The SMILES string of the molecule is CCCC(O)CNCC1CCCN1. The molecule has 3 nitrogen and oxygen atoms in total. The van der Waals surface area contributed by atoms with E-state index in [0.717, 1.165) is 32.5 Å². The van der Waals surface area contributed by atoms with Gasteiger partial charge in [0.05, 0.1) is 6.10 Å². The molecule has 1 rings (SSSR count). The number of rotatable bonds is 6. The molecule has 1 fully saturated rings. The average Bonchev–Trinajstić information content (AvgIpc) is 2.57. The van der Waals surface area contributed by atoms with Gasteiger partial charge in [-0.15, -0.1) is 0 Å². The molecule has 0 aliphatic carbocycles. The Kier molecular flexibility index (Phi) is 5.35. The van der Waals surface area contributed by atoms with Crippen LogP contribution in [-0.2, 0) is 0 Å². The highest BCUT2D eigenvalue weighted by Crippen LogP contribution is 2.03. The second-order valence-corrected chi connectivity index (χ2v) is 3.89. The summed E-state index contributed by atoms with van der Waals surface area (Å²) in [4.78, 5) is 0. The van der Waals surface area contributed by atoms with Gasteiger partial charge in [-0.25, -0.2) is 0 Å². The van der Waals surface area contributed by atoms with E-state index in [1.165, 1.54) is 12.8 Å². The first-order chi connectivity index (χ1) is 6.33. The molecule has 1 aliphatic heterocycles. The number of hydrogen-bond donors (Lipinski definition) is 3. The van der Waals surface area contributed by atoms with E-state index in [9.17, 15) is 5.11 Å². The summed E-state index contributed by atoms with van der Waals surface area (Å²) in [6, 6.07) is 0.633. The zero-order valence-electron chi connectivity index (χ0n) is 8.55. The molecule has 13 heavy (non-hydrogen) atoms. The van der Waals surface area contributed by atoms with Crippen LogP contribution in [0.4, 0.5) is 0 Å². The van der Waals surface area contributed by atoms with E-state index in [1.54, 1.807) is 0 Å². The van der Waals surface area contributed by atoms with Crippen molar-refractivity contribution in [3.8, 4) is 0 Å². The fourth-order valence-corrected chi connectivity index (χ4v) is 1.79. The molecule has 2 unspecified atom stereocenters. The molecule has 1 saturated heterocycles. The van der Waals surface area contributed by atoms with Gasteiger partial charge in [-0.1, -0.05) is 13.3 Å². The van der Waals surface area contributed by atoms with Gasteiger partial charge >= 0.3 is 0 Å². The molecule has 0 saturated carbocycles. The first-order valence-electron chi connectivity index (χ1n) is 5.45. The molecule has 0 bridgehead atoms. The van der Waals surface area contributed by atoms with Gasteiger partial charge in [0.2, 0.25) is 0 Å². The Bertz CT molecular complexity index is 124. The van der Waals surface area contributed by atoms with Gasteiger partial charge < -0.3 is 15.7 Å². The summed E-state index contributed by atoms with van der Waals surface area (Å²) in [5, 5.41) is 16.2. The van der Waals surface area contributed by atoms with Crippen molar-refractivity contribution in [2.24, 2.45) is 0 Å². The third-order valence-electron chi connectivity index (χ3n) is 2.55. The van der Waals surface area contributed by atoms with Crippen molar-refractivity contribution in [1.82, 2.24) is 10.6 Å². The fourth-order valence-electron chi connectivity index (χ4n) is 1.79. The lowest BCUT2D eigenvalue weighted by Crippen LogP contribution is -2.37. The molecule has 2 atom stereocenters. The second-order valence-electron chi connectivity index (χ2n) is 3.89. The highest BCUT2D eigenvalue weighted by molar-refractivity contribution is 4.76. The zero-order valence-corrected chi connectivity index (χ0v) is 8.55. The highest BCUT2D eigenvalue weighted by atomic mass is 16.3. The number of aliphatic hydroxyl groups excluding tert-OH is 1. The molecule has 1 heterocycles. The van der Waals surface area contributed by atoms with Crippen molar-refractivity contribution < 1.29 is 5.11 Å². The summed E-state index contributed by atoms with van der Waals surface area (Å²) >= 11 is 0. The van der Waals surface area contributed by atoms with Crippen LogP contribution in [0.15, 0.2) is 0 Å². The third kappa shape index (κ3) is 4.60. The summed E-state index contributed by atoms with van der Waals surface area (Å²) in [6.45, 7) is 5.00. The molecular weight excluding hydrogens is 164 g/mol. The molecule has 3 heteroatoms. The van der Waals surface area contributed by atoms with Crippen molar-refractivity contribution in [3.05, 3.63) is 0 Å². The molecule has 0 aromatic carbocycles. The van der Waals surface area contributed by atoms with Crippen molar-refractivity contribution >= 4 is 0 Å². The topological polar surface area (TPSA) is 44.3 Å². The maximum atomic E-state index is 9.44. The van der Waals surface area contributed by atoms with Crippen molar-refractivity contribution in [3.63, 3.8) is 0 Å². The lowest BCUT2D eigenvalue weighted by Gasteiger charge is -2.14. The van der Waals surface area contributed by atoms with E-state index < -0.39 is 0 Å². The summed E-state index contributed by atoms with van der Waals surface area (Å²) in [6.07, 6.45) is 4.38. The third-order valence-corrected chi connectivity index (χ3v) is 2.55. The smallest absolute Gasteiger partial charge is 0.0664 e. The molecule has 78 valence electrons. The quantitative estimate of drug-likeness (QED) is 0.565. The minimum atomic E-state index is -0.161. The van der Waals surface area contributed by atoms with Gasteiger partial charge in [-0.2, -0.15) is 0 Å². The van der Waals surface area contributed by atoms with E-state index in [0.29, 0.717) is 6.04 Å². The molecule has 0 aromatic heterocycles. The van der Waals surface area contributed by atoms with Crippen LogP contribution in [0.5, 0.6) is 0 Å². The van der Waals surface area contributed by atoms with Crippen molar-refractivity contribution in [2.45, 2.75) is 44.8 Å². The second kappa shape index (κ2) is 6.35. The Labute approximate surface area is 80.9 Å². The normalized spacial score (nSPS) is 24.9. The number of aliphatic hydroxyl groups is 1. The van der Waals surface area contributed by atoms with Crippen LogP contribution in [0.3, 0.4) is 0 Å². The Balaban J connectivity index is 1.93. The Morgan fingerprint density at radius 3 is 3.08 bits per heavy atom. The van der Waals surface area contributed by atoms with E-state index in [4.69, 9.17) is 0 Å². The number of nitrogens with one attached hydrogen (secondary N) is 2. The van der Waals surface area contributed by atoms with Gasteiger partial charge in [0, 0.05) is 19.1 Å².